The van der Waals surface area contributed by atoms with Gasteiger partial charge in [0.05, 0.1) is 0 Å². The fourth-order valence-corrected chi connectivity index (χ4v) is 2.98. The Morgan fingerprint density at radius 3 is 2.69 bits per heavy atom. The summed E-state index contributed by atoms with van der Waals surface area (Å²) >= 11 is 3.22. The first-order valence-corrected chi connectivity index (χ1v) is 6.96. The molecule has 0 aliphatic heterocycles. The van der Waals surface area contributed by atoms with Gasteiger partial charge in [-0.05, 0) is 22.0 Å². The van der Waals surface area contributed by atoms with Crippen LogP contribution in [-0.4, -0.2) is 38.3 Å². The van der Waals surface area contributed by atoms with Crippen molar-refractivity contribution < 1.29 is 8.42 Å². The smallest absolute Gasteiger partial charge is 0.246 e. The first-order valence-electron chi connectivity index (χ1n) is 4.73. The average Bonchev–Trinajstić information content (AvgIpc) is 2.27. The van der Waals surface area contributed by atoms with Crippen LogP contribution in [0.5, 0.6) is 0 Å². The fourth-order valence-electron chi connectivity index (χ4n) is 1.14. The van der Waals surface area contributed by atoms with Crippen molar-refractivity contribution in [3.05, 3.63) is 16.7 Å². The van der Waals surface area contributed by atoms with E-state index in [9.17, 15) is 8.42 Å². The van der Waals surface area contributed by atoms with Crippen LogP contribution >= 0.6 is 15.9 Å². The molecule has 5 nitrogen and oxygen atoms in total. The van der Waals surface area contributed by atoms with Gasteiger partial charge < -0.3 is 5.32 Å². The Hall–Kier alpha value is -0.660. The van der Waals surface area contributed by atoms with Crippen LogP contribution in [0.3, 0.4) is 0 Å². The van der Waals surface area contributed by atoms with Gasteiger partial charge >= 0.3 is 0 Å². The van der Waals surface area contributed by atoms with Crippen LogP contribution in [0.25, 0.3) is 0 Å². The van der Waals surface area contributed by atoms with Gasteiger partial charge in [-0.1, -0.05) is 6.92 Å². The van der Waals surface area contributed by atoms with Crippen LogP contribution in [0.4, 0.5) is 5.82 Å². The van der Waals surface area contributed by atoms with Crippen LogP contribution in [-0.2, 0) is 10.0 Å². The van der Waals surface area contributed by atoms with E-state index in [1.807, 2.05) is 0 Å². The predicted octanol–water partition coefficient (Wildman–Crippen LogP) is 1.53. The molecule has 1 rings (SSSR count). The SMILES string of the molecule is CCN(C)S(=O)(=O)c1cc(Br)cnc1NC. The molecule has 0 bridgehead atoms. The summed E-state index contributed by atoms with van der Waals surface area (Å²) in [5.74, 6) is 0.350. The van der Waals surface area contributed by atoms with Crippen molar-refractivity contribution in [2.75, 3.05) is 26.0 Å². The number of aromatic nitrogens is 1. The third kappa shape index (κ3) is 2.53. The lowest BCUT2D eigenvalue weighted by Gasteiger charge is -2.16. The second-order valence-corrected chi connectivity index (χ2v) is 6.10. The molecule has 0 saturated carbocycles. The molecule has 1 N–H and O–H groups in total. The van der Waals surface area contributed by atoms with Crippen LogP contribution in [0.1, 0.15) is 6.92 Å². The number of sulfonamides is 1. The Kier molecular flexibility index (Phi) is 4.28. The Balaban J connectivity index is 3.37. The highest BCUT2D eigenvalue weighted by Crippen LogP contribution is 2.24. The lowest BCUT2D eigenvalue weighted by Crippen LogP contribution is -2.27. The zero-order valence-corrected chi connectivity index (χ0v) is 11.8. The molecule has 90 valence electrons. The first-order chi connectivity index (χ1) is 7.43. The quantitative estimate of drug-likeness (QED) is 0.916. The zero-order chi connectivity index (χ0) is 12.3. The van der Waals surface area contributed by atoms with E-state index in [0.29, 0.717) is 16.8 Å². The van der Waals surface area contributed by atoms with E-state index in [4.69, 9.17) is 0 Å². The Morgan fingerprint density at radius 2 is 2.19 bits per heavy atom. The maximum Gasteiger partial charge on any atom is 0.246 e. The van der Waals surface area contributed by atoms with Gasteiger partial charge in [0, 0.05) is 31.3 Å². The van der Waals surface area contributed by atoms with Crippen molar-refractivity contribution >= 4 is 31.8 Å². The summed E-state index contributed by atoms with van der Waals surface area (Å²) in [4.78, 5) is 4.19. The maximum atomic E-state index is 12.1. The number of halogens is 1. The predicted molar refractivity (Wildman–Crippen MR) is 67.0 cm³/mol. The van der Waals surface area contributed by atoms with Crippen molar-refractivity contribution in [2.24, 2.45) is 0 Å². The highest BCUT2D eigenvalue weighted by atomic mass is 79.9. The molecular formula is C9H14BrN3O2S. The lowest BCUT2D eigenvalue weighted by atomic mass is 10.4. The summed E-state index contributed by atoms with van der Waals surface area (Å²) < 4.78 is 26.1. The minimum Gasteiger partial charge on any atom is -0.372 e. The first kappa shape index (κ1) is 13.4. The number of nitrogens with zero attached hydrogens (tertiary/aromatic N) is 2. The van der Waals surface area contributed by atoms with E-state index in [0.717, 1.165) is 0 Å². The normalized spacial score (nSPS) is 11.8. The van der Waals surface area contributed by atoms with Crippen molar-refractivity contribution in [3.8, 4) is 0 Å². The molecule has 1 heterocycles. The molecule has 0 aliphatic rings. The Labute approximate surface area is 104 Å². The number of nitrogens with one attached hydrogen (secondary N) is 1. The second-order valence-electron chi connectivity index (χ2n) is 3.17. The lowest BCUT2D eigenvalue weighted by molar-refractivity contribution is 0.486. The van der Waals surface area contributed by atoms with Crippen LogP contribution < -0.4 is 5.32 Å². The molecule has 0 radical (unpaired) electrons. The third-order valence-electron chi connectivity index (χ3n) is 2.19. The van der Waals surface area contributed by atoms with Gasteiger partial charge in [-0.3, -0.25) is 0 Å². The van der Waals surface area contributed by atoms with Gasteiger partial charge in [0.2, 0.25) is 10.0 Å². The van der Waals surface area contributed by atoms with Crippen molar-refractivity contribution in [1.29, 1.82) is 0 Å². The molecule has 16 heavy (non-hydrogen) atoms. The van der Waals surface area contributed by atoms with E-state index in [-0.39, 0.29) is 4.90 Å². The monoisotopic (exact) mass is 307 g/mol. The Bertz CT molecular complexity index is 476. The zero-order valence-electron chi connectivity index (χ0n) is 9.36. The summed E-state index contributed by atoms with van der Waals surface area (Å²) in [6.07, 6.45) is 1.55. The van der Waals surface area contributed by atoms with Crippen molar-refractivity contribution in [2.45, 2.75) is 11.8 Å². The molecular weight excluding hydrogens is 294 g/mol. The van der Waals surface area contributed by atoms with E-state index in [1.54, 1.807) is 26.2 Å². The maximum absolute atomic E-state index is 12.1. The molecule has 0 spiro atoms. The largest absolute Gasteiger partial charge is 0.372 e. The number of hydrogen-bond acceptors (Lipinski definition) is 4. The van der Waals surface area contributed by atoms with Gasteiger partial charge in [0.15, 0.2) is 0 Å². The molecule has 0 fully saturated rings. The molecule has 0 atom stereocenters. The van der Waals surface area contributed by atoms with Crippen LogP contribution in [0, 0.1) is 0 Å². The molecule has 0 saturated heterocycles. The summed E-state index contributed by atoms with van der Waals surface area (Å²) in [6.45, 7) is 2.19. The van der Waals surface area contributed by atoms with Crippen LogP contribution in [0.2, 0.25) is 0 Å². The van der Waals surface area contributed by atoms with Gasteiger partial charge in [-0.25, -0.2) is 17.7 Å². The third-order valence-corrected chi connectivity index (χ3v) is 4.57. The number of hydrogen-bond donors (Lipinski definition) is 1. The molecule has 1 aromatic rings. The van der Waals surface area contributed by atoms with Gasteiger partial charge in [-0.15, -0.1) is 0 Å². The topological polar surface area (TPSA) is 62.3 Å². The molecule has 0 amide bonds. The minimum atomic E-state index is -3.48. The second kappa shape index (κ2) is 5.11. The molecule has 0 unspecified atom stereocenters. The molecule has 0 aromatic carbocycles. The molecule has 0 aliphatic carbocycles. The van der Waals surface area contributed by atoms with E-state index in [2.05, 4.69) is 26.2 Å². The average molecular weight is 308 g/mol. The summed E-state index contributed by atoms with van der Waals surface area (Å²) in [5.41, 5.74) is 0. The number of anilines is 1. The number of pyridine rings is 1. The van der Waals surface area contributed by atoms with Crippen LogP contribution in [0.15, 0.2) is 21.6 Å². The summed E-state index contributed by atoms with van der Waals surface area (Å²) in [5, 5.41) is 2.77. The van der Waals surface area contributed by atoms with Gasteiger partial charge in [-0.2, -0.15) is 0 Å². The molecule has 1 aromatic heterocycles. The van der Waals surface area contributed by atoms with E-state index >= 15 is 0 Å². The highest BCUT2D eigenvalue weighted by Gasteiger charge is 2.23. The fraction of sp³-hybridized carbons (Fsp3) is 0.444. The van der Waals surface area contributed by atoms with Gasteiger partial charge in [0.25, 0.3) is 0 Å². The number of rotatable bonds is 4. The summed E-state index contributed by atoms with van der Waals surface area (Å²) in [7, 11) is -0.299. The van der Waals surface area contributed by atoms with Gasteiger partial charge in [0.1, 0.15) is 10.7 Å². The molecule has 7 heteroatoms. The van der Waals surface area contributed by atoms with Crippen molar-refractivity contribution in [3.63, 3.8) is 0 Å². The van der Waals surface area contributed by atoms with Crippen molar-refractivity contribution in [1.82, 2.24) is 9.29 Å². The summed E-state index contributed by atoms with van der Waals surface area (Å²) in [6, 6.07) is 1.54. The standard InChI is InChI=1S/C9H14BrN3O2S/c1-4-13(3)16(14,15)8-5-7(10)6-12-9(8)11-2/h5-6H,4H2,1-3H3,(H,11,12). The van der Waals surface area contributed by atoms with E-state index < -0.39 is 10.0 Å². The van der Waals surface area contributed by atoms with E-state index in [1.165, 1.54) is 11.4 Å². The minimum absolute atomic E-state index is 0.175. The Morgan fingerprint density at radius 1 is 1.56 bits per heavy atom. The highest BCUT2D eigenvalue weighted by molar-refractivity contribution is 9.10.